The molecular weight excluding hydrogens is 334 g/mol. The molecule has 0 bridgehead atoms. The van der Waals surface area contributed by atoms with Crippen molar-refractivity contribution in [3.8, 4) is 0 Å². The zero-order valence-corrected chi connectivity index (χ0v) is 15.4. The number of carbonyl (C=O) groups excluding carboxylic acids is 1. The van der Waals surface area contributed by atoms with Gasteiger partial charge in [0.1, 0.15) is 5.71 Å². The number of ketones is 1. The van der Waals surface area contributed by atoms with E-state index >= 15 is 0 Å². The third kappa shape index (κ3) is 4.76. The van der Waals surface area contributed by atoms with Crippen molar-refractivity contribution in [1.29, 1.82) is 0 Å². The van der Waals surface area contributed by atoms with Gasteiger partial charge in [-0.2, -0.15) is 5.10 Å². The van der Waals surface area contributed by atoms with Crippen LogP contribution in [0.15, 0.2) is 95.1 Å². The van der Waals surface area contributed by atoms with Gasteiger partial charge in [-0.15, -0.1) is 5.10 Å². The summed E-state index contributed by atoms with van der Waals surface area (Å²) in [6, 6.07) is 26.5. The predicted octanol–water partition coefficient (Wildman–Crippen LogP) is 4.46. The maximum atomic E-state index is 12.9. The van der Waals surface area contributed by atoms with E-state index < -0.39 is 0 Å². The SMILES string of the molecule is CN(C)c1ccc(/C=N/N=C(\C(=O)c2ccccc2)c2ccccc2)cc1. The molecule has 3 aromatic rings. The second kappa shape index (κ2) is 8.72. The quantitative estimate of drug-likeness (QED) is 0.372. The molecule has 3 aromatic carbocycles. The van der Waals surface area contributed by atoms with E-state index in [-0.39, 0.29) is 5.78 Å². The lowest BCUT2D eigenvalue weighted by Gasteiger charge is -2.11. The monoisotopic (exact) mass is 355 g/mol. The normalized spacial score (nSPS) is 11.6. The third-order valence-corrected chi connectivity index (χ3v) is 4.07. The van der Waals surface area contributed by atoms with E-state index in [2.05, 4.69) is 10.2 Å². The number of hydrogen-bond acceptors (Lipinski definition) is 4. The highest BCUT2D eigenvalue weighted by molar-refractivity contribution is 6.51. The number of carbonyl (C=O) groups is 1. The molecular formula is C23H21N3O. The molecule has 0 saturated heterocycles. The summed E-state index contributed by atoms with van der Waals surface area (Å²) < 4.78 is 0. The summed E-state index contributed by atoms with van der Waals surface area (Å²) in [4.78, 5) is 14.9. The zero-order valence-electron chi connectivity index (χ0n) is 15.4. The average Bonchev–Trinajstić information content (AvgIpc) is 2.72. The maximum absolute atomic E-state index is 12.9. The molecule has 0 radical (unpaired) electrons. The van der Waals surface area contributed by atoms with Gasteiger partial charge in [-0.25, -0.2) is 0 Å². The molecule has 134 valence electrons. The first-order chi connectivity index (χ1) is 13.1. The Morgan fingerprint density at radius 1 is 0.778 bits per heavy atom. The Bertz CT molecular complexity index is 944. The summed E-state index contributed by atoms with van der Waals surface area (Å²) in [5.74, 6) is -0.151. The van der Waals surface area contributed by atoms with Gasteiger partial charge in [0.05, 0.1) is 6.21 Å². The van der Waals surface area contributed by atoms with Gasteiger partial charge in [0, 0.05) is 30.9 Å². The van der Waals surface area contributed by atoms with Crippen LogP contribution in [-0.2, 0) is 0 Å². The van der Waals surface area contributed by atoms with E-state index in [9.17, 15) is 4.79 Å². The smallest absolute Gasteiger partial charge is 0.213 e. The first-order valence-electron chi connectivity index (χ1n) is 8.69. The third-order valence-electron chi connectivity index (χ3n) is 4.07. The minimum Gasteiger partial charge on any atom is -0.378 e. The van der Waals surface area contributed by atoms with Crippen LogP contribution in [-0.4, -0.2) is 31.8 Å². The number of anilines is 1. The Kier molecular flexibility index (Phi) is 5.90. The fourth-order valence-electron chi connectivity index (χ4n) is 2.57. The first kappa shape index (κ1) is 18.3. The highest BCUT2D eigenvalue weighted by atomic mass is 16.1. The minimum atomic E-state index is -0.151. The summed E-state index contributed by atoms with van der Waals surface area (Å²) in [7, 11) is 3.99. The second-order valence-corrected chi connectivity index (χ2v) is 6.24. The highest BCUT2D eigenvalue weighted by Crippen LogP contribution is 2.12. The topological polar surface area (TPSA) is 45.0 Å². The molecule has 0 saturated carbocycles. The number of nitrogens with zero attached hydrogens (tertiary/aromatic N) is 3. The maximum Gasteiger partial charge on any atom is 0.213 e. The van der Waals surface area contributed by atoms with Crippen molar-refractivity contribution in [2.24, 2.45) is 10.2 Å². The zero-order chi connectivity index (χ0) is 19.1. The lowest BCUT2D eigenvalue weighted by molar-refractivity contribution is 0.106. The fourth-order valence-corrected chi connectivity index (χ4v) is 2.57. The number of rotatable bonds is 6. The van der Waals surface area contributed by atoms with Crippen molar-refractivity contribution in [1.82, 2.24) is 0 Å². The van der Waals surface area contributed by atoms with Crippen LogP contribution >= 0.6 is 0 Å². The second-order valence-electron chi connectivity index (χ2n) is 6.24. The summed E-state index contributed by atoms with van der Waals surface area (Å²) in [5.41, 5.74) is 3.68. The Hall–Kier alpha value is -3.53. The van der Waals surface area contributed by atoms with Gasteiger partial charge in [-0.1, -0.05) is 72.8 Å². The van der Waals surface area contributed by atoms with Crippen LogP contribution in [0.1, 0.15) is 21.5 Å². The Morgan fingerprint density at radius 2 is 1.33 bits per heavy atom. The van der Waals surface area contributed by atoms with Crippen LogP contribution in [0.4, 0.5) is 5.69 Å². The van der Waals surface area contributed by atoms with E-state index in [1.807, 2.05) is 91.8 Å². The number of Topliss-reactive ketones (excluding diaryl/α,β-unsaturated/α-hetero) is 1. The van der Waals surface area contributed by atoms with Crippen molar-refractivity contribution in [3.63, 3.8) is 0 Å². The van der Waals surface area contributed by atoms with Crippen molar-refractivity contribution >= 4 is 23.4 Å². The van der Waals surface area contributed by atoms with Crippen LogP contribution < -0.4 is 4.90 Å². The molecule has 4 nitrogen and oxygen atoms in total. The molecule has 0 aliphatic carbocycles. The van der Waals surface area contributed by atoms with E-state index in [1.165, 1.54) is 0 Å². The van der Waals surface area contributed by atoms with Crippen LogP contribution in [0, 0.1) is 0 Å². The molecule has 0 aliphatic rings. The van der Waals surface area contributed by atoms with Crippen LogP contribution in [0.25, 0.3) is 0 Å². The Balaban J connectivity index is 1.89. The summed E-state index contributed by atoms with van der Waals surface area (Å²) in [6.07, 6.45) is 1.65. The molecule has 27 heavy (non-hydrogen) atoms. The van der Waals surface area contributed by atoms with Gasteiger partial charge in [-0.05, 0) is 17.7 Å². The van der Waals surface area contributed by atoms with Crippen LogP contribution in [0.5, 0.6) is 0 Å². The van der Waals surface area contributed by atoms with Crippen molar-refractivity contribution < 1.29 is 4.79 Å². The van der Waals surface area contributed by atoms with Gasteiger partial charge in [0.25, 0.3) is 0 Å². The molecule has 0 atom stereocenters. The molecule has 0 amide bonds. The fraction of sp³-hybridized carbons (Fsp3) is 0.0870. The van der Waals surface area contributed by atoms with E-state index in [1.54, 1.807) is 18.3 Å². The lowest BCUT2D eigenvalue weighted by atomic mass is 10.0. The molecule has 0 fully saturated rings. The van der Waals surface area contributed by atoms with Crippen LogP contribution in [0.2, 0.25) is 0 Å². The van der Waals surface area contributed by atoms with E-state index in [4.69, 9.17) is 0 Å². The largest absolute Gasteiger partial charge is 0.378 e. The molecule has 0 N–H and O–H groups in total. The Morgan fingerprint density at radius 3 is 1.89 bits per heavy atom. The summed E-state index contributed by atoms with van der Waals surface area (Å²) in [5, 5.41) is 8.42. The van der Waals surface area contributed by atoms with Gasteiger partial charge in [-0.3, -0.25) is 4.79 Å². The molecule has 4 heteroatoms. The van der Waals surface area contributed by atoms with E-state index in [0.717, 1.165) is 16.8 Å². The van der Waals surface area contributed by atoms with Crippen molar-refractivity contribution in [2.75, 3.05) is 19.0 Å². The molecule has 0 spiro atoms. The average molecular weight is 355 g/mol. The molecule has 3 rings (SSSR count). The molecule has 0 aromatic heterocycles. The van der Waals surface area contributed by atoms with Gasteiger partial charge in [0.15, 0.2) is 0 Å². The predicted molar refractivity (Wildman–Crippen MR) is 112 cm³/mol. The van der Waals surface area contributed by atoms with Crippen LogP contribution in [0.3, 0.4) is 0 Å². The molecule has 0 heterocycles. The standard InChI is InChI=1S/C23H21N3O/c1-26(2)21-15-13-18(14-16-21)17-24-25-22(19-9-5-3-6-10-19)23(27)20-11-7-4-8-12-20/h3-17H,1-2H3/b24-17+,25-22-. The Labute approximate surface area is 159 Å². The van der Waals surface area contributed by atoms with Crippen molar-refractivity contribution in [2.45, 2.75) is 0 Å². The molecule has 0 unspecified atom stereocenters. The van der Waals surface area contributed by atoms with Gasteiger partial charge < -0.3 is 4.90 Å². The minimum absolute atomic E-state index is 0.151. The lowest BCUT2D eigenvalue weighted by Crippen LogP contribution is -2.15. The first-order valence-corrected chi connectivity index (χ1v) is 8.69. The molecule has 0 aliphatic heterocycles. The highest BCUT2D eigenvalue weighted by Gasteiger charge is 2.15. The number of hydrogen-bond donors (Lipinski definition) is 0. The van der Waals surface area contributed by atoms with E-state index in [0.29, 0.717) is 11.3 Å². The van der Waals surface area contributed by atoms with Gasteiger partial charge in [0.2, 0.25) is 5.78 Å². The van der Waals surface area contributed by atoms with Crippen molar-refractivity contribution in [3.05, 3.63) is 102 Å². The summed E-state index contributed by atoms with van der Waals surface area (Å²) in [6.45, 7) is 0. The number of benzene rings is 3. The summed E-state index contributed by atoms with van der Waals surface area (Å²) >= 11 is 0. The van der Waals surface area contributed by atoms with Gasteiger partial charge >= 0.3 is 0 Å².